The summed E-state index contributed by atoms with van der Waals surface area (Å²) in [5.41, 5.74) is 1.43. The molecule has 3 heteroatoms. The summed E-state index contributed by atoms with van der Waals surface area (Å²) in [4.78, 5) is 4.01. The molecule has 0 aromatic carbocycles. The second-order valence-electron chi connectivity index (χ2n) is 4.85. The fourth-order valence-corrected chi connectivity index (χ4v) is 2.00. The van der Waals surface area contributed by atoms with E-state index in [1.165, 1.54) is 0 Å². The molecule has 16 heavy (non-hydrogen) atoms. The van der Waals surface area contributed by atoms with Crippen molar-refractivity contribution in [1.29, 1.82) is 0 Å². The van der Waals surface area contributed by atoms with Gasteiger partial charge < -0.3 is 5.32 Å². The smallest absolute Gasteiger partial charge is 0.0621 e. The van der Waals surface area contributed by atoms with E-state index in [0.29, 0.717) is 6.04 Å². The molecule has 0 amide bonds. The quantitative estimate of drug-likeness (QED) is 0.854. The zero-order valence-corrected chi connectivity index (χ0v) is 11.3. The Labute approximate surface area is 103 Å². The fourth-order valence-electron chi connectivity index (χ4n) is 1.80. The van der Waals surface area contributed by atoms with Crippen molar-refractivity contribution in [3.05, 3.63) is 29.0 Å². The zero-order chi connectivity index (χ0) is 12.2. The molecule has 0 aliphatic carbocycles. The Morgan fingerprint density at radius 2 is 2.19 bits per heavy atom. The average molecular weight is 241 g/mol. The van der Waals surface area contributed by atoms with Crippen LogP contribution in [0, 0.1) is 5.41 Å². The van der Waals surface area contributed by atoms with Gasteiger partial charge >= 0.3 is 0 Å². The number of hydrogen-bond donors (Lipinski definition) is 1. The third-order valence-corrected chi connectivity index (χ3v) is 3.82. The molecule has 0 spiro atoms. The molecular formula is C13H21ClN2. The third kappa shape index (κ3) is 3.19. The van der Waals surface area contributed by atoms with Crippen molar-refractivity contribution in [2.45, 2.75) is 39.7 Å². The van der Waals surface area contributed by atoms with Gasteiger partial charge in [0, 0.05) is 18.4 Å². The highest BCUT2D eigenvalue weighted by atomic mass is 35.5. The van der Waals surface area contributed by atoms with Crippen LogP contribution in [0.1, 0.15) is 32.8 Å². The molecule has 0 radical (unpaired) electrons. The number of aromatic nitrogens is 1. The molecule has 0 aliphatic rings. The molecule has 1 aromatic rings. The molecule has 1 heterocycles. The topological polar surface area (TPSA) is 24.9 Å². The number of hydrogen-bond acceptors (Lipinski definition) is 2. The Morgan fingerprint density at radius 1 is 1.50 bits per heavy atom. The van der Waals surface area contributed by atoms with Gasteiger partial charge in [0.15, 0.2) is 0 Å². The summed E-state index contributed by atoms with van der Waals surface area (Å²) in [6, 6.07) is 2.43. The number of pyridine rings is 1. The predicted octanol–water partition coefficient (Wildman–Crippen LogP) is 3.30. The fraction of sp³-hybridized carbons (Fsp3) is 0.615. The van der Waals surface area contributed by atoms with E-state index in [9.17, 15) is 0 Å². The molecular weight excluding hydrogens is 220 g/mol. The summed E-state index contributed by atoms with van der Waals surface area (Å²) in [5, 5.41) is 4.15. The Hall–Kier alpha value is -0.600. The molecule has 0 aliphatic heterocycles. The molecule has 2 nitrogen and oxygen atoms in total. The minimum atomic E-state index is 0.265. The lowest BCUT2D eigenvalue weighted by Crippen LogP contribution is -2.41. The number of halogens is 1. The highest BCUT2D eigenvalue weighted by Crippen LogP contribution is 2.28. The minimum Gasteiger partial charge on any atom is -0.316 e. The van der Waals surface area contributed by atoms with E-state index in [-0.39, 0.29) is 5.41 Å². The predicted molar refractivity (Wildman–Crippen MR) is 69.9 cm³/mol. The van der Waals surface area contributed by atoms with Gasteiger partial charge in [-0.25, -0.2) is 0 Å². The molecule has 1 rings (SSSR count). The summed E-state index contributed by atoms with van der Waals surface area (Å²) in [6.45, 7) is 6.78. The Balaban J connectivity index is 2.82. The molecule has 1 N–H and O–H groups in total. The first-order chi connectivity index (χ1) is 7.51. The van der Waals surface area contributed by atoms with Crippen LogP contribution < -0.4 is 5.32 Å². The van der Waals surface area contributed by atoms with E-state index in [4.69, 9.17) is 11.6 Å². The van der Waals surface area contributed by atoms with E-state index < -0.39 is 0 Å². The van der Waals surface area contributed by atoms with Gasteiger partial charge in [0.05, 0.1) is 5.02 Å². The standard InChI is InChI=1S/C13H21ClN2/c1-5-13(2,3)12(15-4)8-10-6-7-16-9-11(10)14/h6-7,9,12,15H,5,8H2,1-4H3. The highest BCUT2D eigenvalue weighted by Gasteiger charge is 2.26. The second kappa shape index (κ2) is 5.65. The number of nitrogens with one attached hydrogen (secondary N) is 1. The van der Waals surface area contributed by atoms with Gasteiger partial charge in [-0.3, -0.25) is 4.98 Å². The molecule has 1 aromatic heterocycles. The summed E-state index contributed by atoms with van der Waals surface area (Å²) in [5.74, 6) is 0. The first kappa shape index (κ1) is 13.5. The molecule has 1 unspecified atom stereocenters. The highest BCUT2D eigenvalue weighted by molar-refractivity contribution is 6.31. The number of rotatable bonds is 5. The van der Waals surface area contributed by atoms with E-state index in [1.807, 2.05) is 13.1 Å². The van der Waals surface area contributed by atoms with Crippen LogP contribution in [0.25, 0.3) is 0 Å². The normalized spacial score (nSPS) is 13.8. The van der Waals surface area contributed by atoms with Crippen molar-refractivity contribution in [3.8, 4) is 0 Å². The Morgan fingerprint density at radius 3 is 2.69 bits per heavy atom. The molecule has 0 fully saturated rings. The van der Waals surface area contributed by atoms with Gasteiger partial charge in [-0.15, -0.1) is 0 Å². The Bertz CT molecular complexity index is 336. The summed E-state index contributed by atoms with van der Waals surface area (Å²) in [6.07, 6.45) is 5.59. The first-order valence-corrected chi connectivity index (χ1v) is 6.14. The van der Waals surface area contributed by atoms with Crippen LogP contribution in [0.15, 0.2) is 18.5 Å². The molecule has 0 saturated carbocycles. The van der Waals surface area contributed by atoms with Crippen LogP contribution in [0.5, 0.6) is 0 Å². The van der Waals surface area contributed by atoms with Crippen LogP contribution in [-0.2, 0) is 6.42 Å². The van der Waals surface area contributed by atoms with Crippen LogP contribution in [0.2, 0.25) is 5.02 Å². The first-order valence-electron chi connectivity index (χ1n) is 5.77. The van der Waals surface area contributed by atoms with Crippen molar-refractivity contribution in [1.82, 2.24) is 10.3 Å². The van der Waals surface area contributed by atoms with Gasteiger partial charge in [-0.1, -0.05) is 32.4 Å². The maximum atomic E-state index is 6.13. The lowest BCUT2D eigenvalue weighted by molar-refractivity contribution is 0.240. The average Bonchev–Trinajstić information content (AvgIpc) is 2.27. The lowest BCUT2D eigenvalue weighted by Gasteiger charge is -2.33. The molecule has 1 atom stereocenters. The van der Waals surface area contributed by atoms with E-state index in [0.717, 1.165) is 23.4 Å². The van der Waals surface area contributed by atoms with Crippen molar-refractivity contribution in [2.24, 2.45) is 5.41 Å². The van der Waals surface area contributed by atoms with E-state index in [2.05, 4.69) is 31.1 Å². The van der Waals surface area contributed by atoms with Crippen LogP contribution in [-0.4, -0.2) is 18.1 Å². The number of nitrogens with zero attached hydrogens (tertiary/aromatic N) is 1. The minimum absolute atomic E-state index is 0.265. The van der Waals surface area contributed by atoms with Crippen molar-refractivity contribution in [3.63, 3.8) is 0 Å². The summed E-state index contributed by atoms with van der Waals surface area (Å²) >= 11 is 6.13. The maximum absolute atomic E-state index is 6.13. The van der Waals surface area contributed by atoms with Crippen molar-refractivity contribution < 1.29 is 0 Å². The largest absolute Gasteiger partial charge is 0.316 e. The van der Waals surface area contributed by atoms with Crippen LogP contribution in [0.4, 0.5) is 0 Å². The van der Waals surface area contributed by atoms with E-state index in [1.54, 1.807) is 12.4 Å². The molecule has 0 bridgehead atoms. The second-order valence-corrected chi connectivity index (χ2v) is 5.26. The molecule has 0 saturated heterocycles. The summed E-state index contributed by atoms with van der Waals surface area (Å²) in [7, 11) is 2.01. The van der Waals surface area contributed by atoms with E-state index >= 15 is 0 Å². The van der Waals surface area contributed by atoms with Gasteiger partial charge in [0.2, 0.25) is 0 Å². The lowest BCUT2D eigenvalue weighted by atomic mass is 9.79. The van der Waals surface area contributed by atoms with Gasteiger partial charge in [0.25, 0.3) is 0 Å². The summed E-state index contributed by atoms with van der Waals surface area (Å²) < 4.78 is 0. The van der Waals surface area contributed by atoms with Crippen molar-refractivity contribution in [2.75, 3.05) is 7.05 Å². The van der Waals surface area contributed by atoms with Gasteiger partial charge in [0.1, 0.15) is 0 Å². The maximum Gasteiger partial charge on any atom is 0.0621 e. The Kier molecular flexibility index (Phi) is 4.75. The third-order valence-electron chi connectivity index (χ3n) is 3.48. The SMILES string of the molecule is CCC(C)(C)C(Cc1ccncc1Cl)NC. The van der Waals surface area contributed by atoms with Gasteiger partial charge in [-0.2, -0.15) is 0 Å². The number of likely N-dealkylation sites (N-methyl/N-ethyl adjacent to an activating group) is 1. The van der Waals surface area contributed by atoms with Crippen LogP contribution >= 0.6 is 11.6 Å². The molecule has 90 valence electrons. The van der Waals surface area contributed by atoms with Crippen molar-refractivity contribution >= 4 is 11.6 Å². The zero-order valence-electron chi connectivity index (χ0n) is 10.5. The van der Waals surface area contributed by atoms with Crippen LogP contribution in [0.3, 0.4) is 0 Å². The monoisotopic (exact) mass is 240 g/mol. The van der Waals surface area contributed by atoms with Gasteiger partial charge in [-0.05, 0) is 36.9 Å².